The molecule has 5 aromatic carbocycles. The number of esters is 1. The van der Waals surface area contributed by atoms with E-state index in [1.165, 1.54) is 18.2 Å². The van der Waals surface area contributed by atoms with Crippen molar-refractivity contribution in [1.29, 1.82) is 0 Å². The number of para-hydroxylation sites is 2. The van der Waals surface area contributed by atoms with Crippen molar-refractivity contribution in [2.45, 2.75) is 45.2 Å². The van der Waals surface area contributed by atoms with Gasteiger partial charge < -0.3 is 19.7 Å². The summed E-state index contributed by atoms with van der Waals surface area (Å²) in [4.78, 5) is 28.4. The predicted molar refractivity (Wildman–Crippen MR) is 194 cm³/mol. The Kier molecular flexibility index (Phi) is 11.3. The minimum absolute atomic E-state index is 0.117. The van der Waals surface area contributed by atoms with Gasteiger partial charge in [0, 0.05) is 35.5 Å². The second-order valence-electron chi connectivity index (χ2n) is 12.9. The van der Waals surface area contributed by atoms with E-state index in [4.69, 9.17) is 9.47 Å². The summed E-state index contributed by atoms with van der Waals surface area (Å²) < 4.78 is 11.3. The van der Waals surface area contributed by atoms with Gasteiger partial charge >= 0.3 is 5.97 Å². The smallest absolute Gasteiger partial charge is 0.328 e. The molecule has 48 heavy (non-hydrogen) atoms. The fourth-order valence-electron chi connectivity index (χ4n) is 5.58. The van der Waals surface area contributed by atoms with Crippen LogP contribution >= 0.6 is 0 Å². The Labute approximate surface area is 284 Å². The molecular formula is C42H44N2O4. The first kappa shape index (κ1) is 34.0. The highest BCUT2D eigenvalue weighted by molar-refractivity contribution is 6.12. The zero-order valence-electron chi connectivity index (χ0n) is 28.2. The van der Waals surface area contributed by atoms with Crippen molar-refractivity contribution in [1.82, 2.24) is 0 Å². The van der Waals surface area contributed by atoms with Crippen molar-refractivity contribution in [3.05, 3.63) is 161 Å². The molecule has 0 amide bonds. The molecule has 6 nitrogen and oxygen atoms in total. The molecule has 0 saturated carbocycles. The van der Waals surface area contributed by atoms with Crippen molar-refractivity contribution >= 4 is 23.1 Å². The van der Waals surface area contributed by atoms with E-state index in [1.54, 1.807) is 18.2 Å². The molecule has 6 heteroatoms. The molecule has 0 heterocycles. The Hall–Kier alpha value is -5.36. The van der Waals surface area contributed by atoms with Crippen LogP contribution in [0.15, 0.2) is 133 Å². The lowest BCUT2D eigenvalue weighted by molar-refractivity contribution is -0.141. The van der Waals surface area contributed by atoms with Crippen LogP contribution in [0.25, 0.3) is 0 Å². The lowest BCUT2D eigenvalue weighted by atomic mass is 9.87. The predicted octanol–water partition coefficient (Wildman–Crippen LogP) is 8.50. The summed E-state index contributed by atoms with van der Waals surface area (Å²) >= 11 is 0. The number of nitrogens with zero attached hydrogens (tertiary/aromatic N) is 1. The number of benzene rings is 5. The average Bonchev–Trinajstić information content (AvgIpc) is 3.11. The van der Waals surface area contributed by atoms with Gasteiger partial charge in [-0.2, -0.15) is 0 Å². The molecule has 0 aliphatic rings. The fourth-order valence-corrected chi connectivity index (χ4v) is 5.58. The minimum Gasteiger partial charge on any atom is -0.492 e. The first-order valence-corrected chi connectivity index (χ1v) is 16.4. The monoisotopic (exact) mass is 640 g/mol. The van der Waals surface area contributed by atoms with E-state index in [-0.39, 0.29) is 11.2 Å². The Morgan fingerprint density at radius 3 is 1.98 bits per heavy atom. The lowest BCUT2D eigenvalue weighted by Gasteiger charge is -2.26. The largest absolute Gasteiger partial charge is 0.492 e. The summed E-state index contributed by atoms with van der Waals surface area (Å²) in [6.45, 7) is 8.68. The standard InChI is InChI=1S/C42H44N2O4/c1-42(2,3)34-23-19-32(20-24-34)30-44(35-15-9-6-10-16-35)27-28-48-36-25-21-31(22-26-36)29-39(41(46)47-4)43-38-18-12-11-17-37(38)40(45)33-13-7-5-8-14-33/h5-26,39,43H,27-30H2,1-4H3. The molecular weight excluding hydrogens is 596 g/mol. The molecule has 5 rings (SSSR count). The van der Waals surface area contributed by atoms with Crippen LogP contribution in [-0.2, 0) is 27.9 Å². The zero-order chi connectivity index (χ0) is 33.9. The first-order chi connectivity index (χ1) is 23.2. The van der Waals surface area contributed by atoms with E-state index >= 15 is 0 Å². The zero-order valence-corrected chi connectivity index (χ0v) is 28.2. The summed E-state index contributed by atoms with van der Waals surface area (Å²) in [5.74, 6) is 0.224. The van der Waals surface area contributed by atoms with Crippen LogP contribution < -0.4 is 15.0 Å². The number of hydrogen-bond acceptors (Lipinski definition) is 6. The van der Waals surface area contributed by atoms with Gasteiger partial charge in [0.15, 0.2) is 5.78 Å². The Morgan fingerprint density at radius 1 is 0.729 bits per heavy atom. The molecule has 0 bridgehead atoms. The van der Waals surface area contributed by atoms with Gasteiger partial charge in [0.25, 0.3) is 0 Å². The highest BCUT2D eigenvalue weighted by Gasteiger charge is 2.23. The van der Waals surface area contributed by atoms with Crippen LogP contribution in [0.2, 0.25) is 0 Å². The number of methoxy groups -OCH3 is 1. The molecule has 246 valence electrons. The summed E-state index contributed by atoms with van der Waals surface area (Å²) in [5, 5.41) is 3.27. The highest BCUT2D eigenvalue weighted by atomic mass is 16.5. The molecule has 0 radical (unpaired) electrons. The third-order valence-electron chi connectivity index (χ3n) is 8.33. The van der Waals surface area contributed by atoms with Crippen LogP contribution in [0, 0.1) is 0 Å². The topological polar surface area (TPSA) is 67.9 Å². The average molecular weight is 641 g/mol. The molecule has 0 saturated heterocycles. The fraction of sp³-hybridized carbons (Fsp3) is 0.238. The van der Waals surface area contributed by atoms with Gasteiger partial charge in [0.1, 0.15) is 18.4 Å². The summed E-state index contributed by atoms with van der Waals surface area (Å²) in [6.07, 6.45) is 0.372. The van der Waals surface area contributed by atoms with Crippen LogP contribution in [0.4, 0.5) is 11.4 Å². The molecule has 5 aromatic rings. The number of carbonyl (C=O) groups excluding carboxylic acids is 2. The third kappa shape index (κ3) is 9.13. The van der Waals surface area contributed by atoms with E-state index in [9.17, 15) is 9.59 Å². The van der Waals surface area contributed by atoms with E-state index in [0.29, 0.717) is 36.4 Å². The molecule has 1 atom stereocenters. The number of anilines is 2. The highest BCUT2D eigenvalue weighted by Crippen LogP contribution is 2.25. The molecule has 0 fully saturated rings. The Balaban J connectivity index is 1.22. The van der Waals surface area contributed by atoms with E-state index in [2.05, 4.69) is 79.5 Å². The maximum atomic E-state index is 13.3. The van der Waals surface area contributed by atoms with Crippen molar-refractivity contribution < 1.29 is 19.1 Å². The molecule has 1 unspecified atom stereocenters. The van der Waals surface area contributed by atoms with E-state index in [1.807, 2.05) is 66.7 Å². The first-order valence-electron chi connectivity index (χ1n) is 16.4. The van der Waals surface area contributed by atoms with E-state index < -0.39 is 12.0 Å². The van der Waals surface area contributed by atoms with Crippen LogP contribution in [-0.4, -0.2) is 38.1 Å². The van der Waals surface area contributed by atoms with E-state index in [0.717, 1.165) is 23.5 Å². The van der Waals surface area contributed by atoms with Crippen LogP contribution in [0.1, 0.15) is 53.4 Å². The Morgan fingerprint density at radius 2 is 1.33 bits per heavy atom. The quantitative estimate of drug-likeness (QED) is 0.0970. The van der Waals surface area contributed by atoms with Crippen molar-refractivity contribution in [3.63, 3.8) is 0 Å². The van der Waals surface area contributed by atoms with Gasteiger partial charge in [-0.25, -0.2) is 4.79 Å². The van der Waals surface area contributed by atoms with Gasteiger partial charge in [-0.05, 0) is 58.5 Å². The van der Waals surface area contributed by atoms with Gasteiger partial charge in [-0.3, -0.25) is 4.79 Å². The number of hydrogen-bond donors (Lipinski definition) is 1. The third-order valence-corrected chi connectivity index (χ3v) is 8.33. The van der Waals surface area contributed by atoms with Crippen LogP contribution in [0.5, 0.6) is 5.75 Å². The van der Waals surface area contributed by atoms with Gasteiger partial charge in [0.2, 0.25) is 0 Å². The SMILES string of the molecule is COC(=O)C(Cc1ccc(OCCN(Cc2ccc(C(C)(C)C)cc2)c2ccccc2)cc1)Nc1ccccc1C(=O)c1ccccc1. The number of ether oxygens (including phenoxy) is 2. The number of carbonyl (C=O) groups is 2. The maximum absolute atomic E-state index is 13.3. The summed E-state index contributed by atoms with van der Waals surface area (Å²) in [5.41, 5.74) is 6.41. The molecule has 0 aromatic heterocycles. The van der Waals surface area contributed by atoms with Gasteiger partial charge in [0.05, 0.1) is 13.7 Å². The normalized spacial score (nSPS) is 11.8. The summed E-state index contributed by atoms with van der Waals surface area (Å²) in [6, 6.07) is 42.7. The molecule has 0 spiro atoms. The minimum atomic E-state index is -0.691. The van der Waals surface area contributed by atoms with Gasteiger partial charge in [-0.1, -0.05) is 118 Å². The van der Waals surface area contributed by atoms with Crippen molar-refractivity contribution in [3.8, 4) is 5.75 Å². The van der Waals surface area contributed by atoms with Crippen molar-refractivity contribution in [2.75, 3.05) is 30.5 Å². The lowest BCUT2D eigenvalue weighted by Crippen LogP contribution is -2.33. The molecule has 1 N–H and O–H groups in total. The number of nitrogens with one attached hydrogen (secondary N) is 1. The number of rotatable bonds is 14. The molecule has 0 aliphatic heterocycles. The second-order valence-corrected chi connectivity index (χ2v) is 12.9. The van der Waals surface area contributed by atoms with Crippen molar-refractivity contribution in [2.24, 2.45) is 0 Å². The van der Waals surface area contributed by atoms with Crippen LogP contribution in [0.3, 0.4) is 0 Å². The number of ketones is 1. The maximum Gasteiger partial charge on any atom is 0.328 e. The molecule has 0 aliphatic carbocycles. The Bertz CT molecular complexity index is 1760. The summed E-state index contributed by atoms with van der Waals surface area (Å²) in [7, 11) is 1.37. The van der Waals surface area contributed by atoms with Gasteiger partial charge in [-0.15, -0.1) is 0 Å². The second kappa shape index (κ2) is 16.0.